The summed E-state index contributed by atoms with van der Waals surface area (Å²) < 4.78 is 73.3. The van der Waals surface area contributed by atoms with Crippen molar-refractivity contribution in [1.82, 2.24) is 0 Å². The maximum absolute atomic E-state index is 12.2. The van der Waals surface area contributed by atoms with Gasteiger partial charge >= 0.3 is 12.4 Å². The lowest BCUT2D eigenvalue weighted by atomic mass is 10.3. The van der Waals surface area contributed by atoms with Gasteiger partial charge in [0.1, 0.15) is 18.3 Å². The van der Waals surface area contributed by atoms with Gasteiger partial charge in [0.25, 0.3) is 0 Å². The van der Waals surface area contributed by atoms with E-state index in [-0.39, 0.29) is 24.9 Å². The van der Waals surface area contributed by atoms with Gasteiger partial charge in [0.15, 0.2) is 0 Å². The Morgan fingerprint density at radius 1 is 0.783 bits per heavy atom. The monoisotopic (exact) mass is 369 g/mol. The van der Waals surface area contributed by atoms with Gasteiger partial charge in [-0.1, -0.05) is 0 Å². The molecule has 0 aliphatic carbocycles. The Bertz CT molecular complexity index is 360. The zero-order valence-electron chi connectivity index (χ0n) is 12.0. The van der Waals surface area contributed by atoms with Crippen LogP contribution in [0.5, 0.6) is 0 Å². The van der Waals surface area contributed by atoms with Crippen LogP contribution in [0.3, 0.4) is 0 Å². The first kappa shape index (κ1) is 22.4. The largest absolute Gasteiger partial charge is 0.414 e. The van der Waals surface area contributed by atoms with E-state index in [1.165, 1.54) is 6.07 Å². The summed E-state index contributed by atoms with van der Waals surface area (Å²) in [7, 11) is -1.39. The summed E-state index contributed by atoms with van der Waals surface area (Å²) in [5, 5.41) is 35.4. The van der Waals surface area contributed by atoms with Crippen molar-refractivity contribution >= 4 is 7.92 Å². The molecule has 0 aliphatic heterocycles. The molecule has 0 saturated carbocycles. The zero-order valence-corrected chi connectivity index (χ0v) is 12.9. The van der Waals surface area contributed by atoms with E-state index in [9.17, 15) is 26.3 Å². The van der Waals surface area contributed by atoms with Crippen molar-refractivity contribution in [3.8, 4) is 6.07 Å². The van der Waals surface area contributed by atoms with Gasteiger partial charge in [0.2, 0.25) is 0 Å². The number of halogens is 6. The molecule has 0 heterocycles. The number of aliphatic hydroxyl groups is 3. The molecule has 4 nitrogen and oxygen atoms in total. The fraction of sp³-hybridized carbons (Fsp3) is 0.917. The number of hydrogen-bond acceptors (Lipinski definition) is 4. The minimum absolute atomic E-state index is 0.0770. The van der Waals surface area contributed by atoms with E-state index in [2.05, 4.69) is 0 Å². The molecule has 0 aliphatic rings. The third kappa shape index (κ3) is 9.97. The fourth-order valence-corrected chi connectivity index (χ4v) is 4.14. The average molecular weight is 369 g/mol. The predicted octanol–water partition coefficient (Wildman–Crippen LogP) is 2.37. The molecule has 0 bridgehead atoms. The highest BCUT2D eigenvalue weighted by atomic mass is 31.1. The Balaban J connectivity index is 4.54. The van der Waals surface area contributed by atoms with Crippen molar-refractivity contribution in [1.29, 1.82) is 5.26 Å². The lowest BCUT2D eigenvalue weighted by Gasteiger charge is -2.23. The Hall–Kier alpha value is -0.620. The molecule has 0 amide bonds. The Morgan fingerprint density at radius 2 is 1.13 bits per heavy atom. The highest BCUT2D eigenvalue weighted by Crippen LogP contribution is 2.41. The van der Waals surface area contributed by atoms with Crippen molar-refractivity contribution in [2.75, 3.05) is 18.5 Å². The topological polar surface area (TPSA) is 84.5 Å². The van der Waals surface area contributed by atoms with Gasteiger partial charge in [-0.05, 0) is 37.7 Å². The van der Waals surface area contributed by atoms with Crippen molar-refractivity contribution in [2.24, 2.45) is 0 Å². The van der Waals surface area contributed by atoms with E-state index in [0.717, 1.165) is 0 Å². The van der Waals surface area contributed by atoms with Gasteiger partial charge in [-0.3, -0.25) is 0 Å². The average Bonchev–Trinajstić information content (AvgIpc) is 2.43. The van der Waals surface area contributed by atoms with E-state index in [0.29, 0.717) is 0 Å². The molecule has 0 saturated heterocycles. The predicted molar refractivity (Wildman–Crippen MR) is 71.1 cm³/mol. The van der Waals surface area contributed by atoms with Gasteiger partial charge in [-0.2, -0.15) is 31.6 Å². The molecule has 0 fully saturated rings. The first-order valence-electron chi connectivity index (χ1n) is 6.67. The number of hydrogen-bond donors (Lipinski definition) is 3. The summed E-state index contributed by atoms with van der Waals surface area (Å²) in [4.78, 5) is 0. The van der Waals surface area contributed by atoms with Gasteiger partial charge < -0.3 is 15.3 Å². The second-order valence-corrected chi connectivity index (χ2v) is 7.65. The minimum Gasteiger partial charge on any atom is -0.384 e. The smallest absolute Gasteiger partial charge is 0.384 e. The van der Waals surface area contributed by atoms with Crippen LogP contribution in [0.4, 0.5) is 26.3 Å². The Morgan fingerprint density at radius 3 is 1.43 bits per heavy atom. The molecule has 11 heteroatoms. The summed E-state index contributed by atoms with van der Waals surface area (Å²) in [5.41, 5.74) is 0. The number of rotatable bonds is 9. The van der Waals surface area contributed by atoms with Crippen LogP contribution in [0.15, 0.2) is 0 Å². The number of aliphatic hydroxyl groups excluding tert-OH is 3. The molecule has 0 rings (SSSR count). The van der Waals surface area contributed by atoms with Gasteiger partial charge in [-0.15, -0.1) is 7.92 Å². The van der Waals surface area contributed by atoms with Crippen LogP contribution in [-0.2, 0) is 0 Å². The SMILES string of the molecule is N#CC(O)CCP(CCC(O)C(F)(F)F)CCC(O)C(F)(F)F. The maximum Gasteiger partial charge on any atom is 0.414 e. The molecular formula is C12H18F6NO3P. The summed E-state index contributed by atoms with van der Waals surface area (Å²) in [6.45, 7) is 0. The number of nitriles is 1. The Labute approximate surface area is 130 Å². The number of nitrogens with zero attached hydrogens (tertiary/aromatic N) is 1. The summed E-state index contributed by atoms with van der Waals surface area (Å²) in [6, 6.07) is 1.51. The van der Waals surface area contributed by atoms with E-state index in [1.807, 2.05) is 0 Å². The maximum atomic E-state index is 12.2. The lowest BCUT2D eigenvalue weighted by Crippen LogP contribution is -2.30. The van der Waals surface area contributed by atoms with Crippen molar-refractivity contribution in [3.05, 3.63) is 0 Å². The second kappa shape index (κ2) is 9.62. The lowest BCUT2D eigenvalue weighted by molar-refractivity contribution is -0.203. The first-order valence-corrected chi connectivity index (χ1v) is 8.57. The molecule has 3 unspecified atom stereocenters. The normalized spacial score (nSPS) is 18.1. The van der Waals surface area contributed by atoms with Crippen LogP contribution in [0, 0.1) is 11.3 Å². The van der Waals surface area contributed by atoms with Crippen molar-refractivity contribution in [3.63, 3.8) is 0 Å². The Kier molecular flexibility index (Phi) is 9.36. The molecule has 136 valence electrons. The van der Waals surface area contributed by atoms with Gasteiger partial charge in [0.05, 0.1) is 6.07 Å². The second-order valence-electron chi connectivity index (χ2n) is 4.97. The molecule has 0 aromatic heterocycles. The van der Waals surface area contributed by atoms with Crippen LogP contribution in [-0.4, -0.2) is 64.5 Å². The highest BCUT2D eigenvalue weighted by Gasteiger charge is 2.39. The molecule has 23 heavy (non-hydrogen) atoms. The molecular weight excluding hydrogens is 351 g/mol. The van der Waals surface area contributed by atoms with E-state index >= 15 is 0 Å². The third-order valence-electron chi connectivity index (χ3n) is 3.06. The standard InChI is InChI=1S/C12H18F6NO3P/c13-11(14,15)9(21)2-5-23(4-1-8(20)7-19)6-3-10(22)12(16,17)18/h8-10,20-22H,1-6H2. The molecule has 3 N–H and O–H groups in total. The molecule has 0 radical (unpaired) electrons. The van der Waals surface area contributed by atoms with Crippen LogP contribution in [0.25, 0.3) is 0 Å². The number of alkyl halides is 6. The van der Waals surface area contributed by atoms with Crippen LogP contribution in [0.1, 0.15) is 19.3 Å². The zero-order chi connectivity index (χ0) is 18.3. The third-order valence-corrected chi connectivity index (χ3v) is 5.73. The van der Waals surface area contributed by atoms with Crippen molar-refractivity contribution in [2.45, 2.75) is 49.9 Å². The molecule has 0 aromatic carbocycles. The van der Waals surface area contributed by atoms with Gasteiger partial charge in [-0.25, -0.2) is 0 Å². The summed E-state index contributed by atoms with van der Waals surface area (Å²) in [6.07, 6.45) is -17.8. The molecule has 0 aromatic rings. The van der Waals surface area contributed by atoms with E-state index in [4.69, 9.17) is 20.6 Å². The molecule has 3 atom stereocenters. The van der Waals surface area contributed by atoms with E-state index in [1.54, 1.807) is 0 Å². The minimum atomic E-state index is -4.81. The summed E-state index contributed by atoms with van der Waals surface area (Å²) >= 11 is 0. The van der Waals surface area contributed by atoms with Crippen LogP contribution >= 0.6 is 7.92 Å². The molecule has 0 spiro atoms. The van der Waals surface area contributed by atoms with E-state index < -0.39 is 51.4 Å². The van der Waals surface area contributed by atoms with Gasteiger partial charge in [0, 0.05) is 0 Å². The fourth-order valence-electron chi connectivity index (χ4n) is 1.64. The highest BCUT2D eigenvalue weighted by molar-refractivity contribution is 7.57. The van der Waals surface area contributed by atoms with Crippen molar-refractivity contribution < 1.29 is 41.7 Å². The quantitative estimate of drug-likeness (QED) is 0.331. The summed E-state index contributed by atoms with van der Waals surface area (Å²) in [5.74, 6) is 0. The first-order chi connectivity index (χ1) is 10.4. The van der Waals surface area contributed by atoms with Crippen LogP contribution < -0.4 is 0 Å². The van der Waals surface area contributed by atoms with Crippen LogP contribution in [0.2, 0.25) is 0 Å².